The Balaban J connectivity index is 2.10. The lowest BCUT2D eigenvalue weighted by Crippen LogP contribution is -2.42. The molecular formula is C20H28O7. The van der Waals surface area contributed by atoms with Gasteiger partial charge in [0.25, 0.3) is 0 Å². The summed E-state index contributed by atoms with van der Waals surface area (Å²) in [7, 11) is 0. The molecule has 7 atom stereocenters. The summed E-state index contributed by atoms with van der Waals surface area (Å²) in [4.78, 5) is 24.7. The second-order valence-corrected chi connectivity index (χ2v) is 8.44. The molecule has 0 unspecified atom stereocenters. The summed E-state index contributed by atoms with van der Waals surface area (Å²) in [5.41, 5.74) is -1.92. The Morgan fingerprint density at radius 1 is 1.22 bits per heavy atom. The van der Waals surface area contributed by atoms with E-state index in [1.165, 1.54) is 6.92 Å². The number of hydrogen-bond acceptors (Lipinski definition) is 7. The van der Waals surface area contributed by atoms with Gasteiger partial charge in [-0.15, -0.1) is 0 Å². The van der Waals surface area contributed by atoms with E-state index in [4.69, 9.17) is 9.47 Å². The van der Waals surface area contributed by atoms with Gasteiger partial charge in [0.1, 0.15) is 12.2 Å². The molecule has 0 saturated carbocycles. The molecule has 0 aromatic rings. The first-order chi connectivity index (χ1) is 12.4. The lowest BCUT2D eigenvalue weighted by molar-refractivity contribution is -0.151. The molecule has 3 N–H and O–H groups in total. The quantitative estimate of drug-likeness (QED) is 0.372. The molecule has 3 aliphatic rings. The second kappa shape index (κ2) is 6.43. The van der Waals surface area contributed by atoms with Crippen LogP contribution in [-0.4, -0.2) is 56.8 Å². The van der Waals surface area contributed by atoms with Crippen LogP contribution in [0.3, 0.4) is 0 Å². The molecule has 0 amide bonds. The molecule has 0 aromatic heterocycles. The molecule has 1 aliphatic heterocycles. The average Bonchev–Trinajstić information content (AvgIpc) is 2.93. The van der Waals surface area contributed by atoms with Gasteiger partial charge in [0, 0.05) is 24.0 Å². The number of hydrogen-bond donors (Lipinski definition) is 3. The summed E-state index contributed by atoms with van der Waals surface area (Å²) in [6.07, 6.45) is -1.07. The van der Waals surface area contributed by atoms with Crippen LogP contribution in [0.25, 0.3) is 0 Å². The molecular weight excluding hydrogens is 352 g/mol. The van der Waals surface area contributed by atoms with Crippen molar-refractivity contribution in [2.75, 3.05) is 0 Å². The zero-order valence-electron chi connectivity index (χ0n) is 16.4. The summed E-state index contributed by atoms with van der Waals surface area (Å²) in [5.74, 6) is -2.10. The predicted octanol–water partition coefficient (Wildman–Crippen LogP) is 1.01. The fraction of sp³-hybridized carbons (Fsp3) is 0.700. The van der Waals surface area contributed by atoms with Crippen LogP contribution in [0.4, 0.5) is 0 Å². The SMILES string of the molecule is C/C=C(/C)C(=O)O[C@H]1C[C@](C)(O)C2=C([C@H]3OC(=O)[C@@H](C)[C@H]13)[C@](C)(O)C[C@@H]2O. The summed E-state index contributed by atoms with van der Waals surface area (Å²) >= 11 is 0. The Morgan fingerprint density at radius 3 is 2.41 bits per heavy atom. The number of ether oxygens (including phenoxy) is 2. The molecule has 0 spiro atoms. The van der Waals surface area contributed by atoms with E-state index in [1.54, 1.807) is 33.8 Å². The lowest BCUT2D eigenvalue weighted by atomic mass is 9.80. The summed E-state index contributed by atoms with van der Waals surface area (Å²) in [6, 6.07) is 0. The summed E-state index contributed by atoms with van der Waals surface area (Å²) in [5, 5.41) is 32.6. The van der Waals surface area contributed by atoms with Crippen molar-refractivity contribution in [3.8, 4) is 0 Å². The minimum atomic E-state index is -1.51. The van der Waals surface area contributed by atoms with Crippen molar-refractivity contribution >= 4 is 11.9 Å². The van der Waals surface area contributed by atoms with Gasteiger partial charge in [0.2, 0.25) is 0 Å². The molecule has 1 saturated heterocycles. The van der Waals surface area contributed by atoms with Crippen LogP contribution in [0.2, 0.25) is 0 Å². The van der Waals surface area contributed by atoms with Crippen LogP contribution >= 0.6 is 0 Å². The first-order valence-corrected chi connectivity index (χ1v) is 9.33. The monoisotopic (exact) mass is 380 g/mol. The molecule has 1 heterocycles. The smallest absolute Gasteiger partial charge is 0.333 e. The zero-order valence-corrected chi connectivity index (χ0v) is 16.4. The van der Waals surface area contributed by atoms with Crippen LogP contribution < -0.4 is 0 Å². The number of carbonyl (C=O) groups is 2. The highest BCUT2D eigenvalue weighted by atomic mass is 16.6. The molecule has 150 valence electrons. The highest BCUT2D eigenvalue weighted by molar-refractivity contribution is 5.88. The van der Waals surface area contributed by atoms with Crippen molar-refractivity contribution in [2.45, 2.75) is 77.0 Å². The van der Waals surface area contributed by atoms with Crippen LogP contribution in [0.5, 0.6) is 0 Å². The van der Waals surface area contributed by atoms with Crippen LogP contribution in [0.1, 0.15) is 47.5 Å². The van der Waals surface area contributed by atoms with Crippen molar-refractivity contribution in [3.05, 3.63) is 22.8 Å². The number of fused-ring (bicyclic) bond motifs is 2. The number of aliphatic hydroxyl groups excluding tert-OH is 1. The topological polar surface area (TPSA) is 113 Å². The molecule has 0 radical (unpaired) electrons. The Morgan fingerprint density at radius 2 is 1.81 bits per heavy atom. The maximum atomic E-state index is 12.4. The highest BCUT2D eigenvalue weighted by Crippen LogP contribution is 2.52. The Kier molecular flexibility index (Phi) is 4.77. The van der Waals surface area contributed by atoms with Gasteiger partial charge in [-0.1, -0.05) is 13.0 Å². The largest absolute Gasteiger partial charge is 0.458 e. The molecule has 0 aromatic carbocycles. The maximum absolute atomic E-state index is 12.4. The van der Waals surface area contributed by atoms with Gasteiger partial charge >= 0.3 is 11.9 Å². The predicted molar refractivity (Wildman–Crippen MR) is 95.4 cm³/mol. The third-order valence-electron chi connectivity index (χ3n) is 6.24. The van der Waals surface area contributed by atoms with E-state index in [0.29, 0.717) is 11.1 Å². The number of rotatable bonds is 2. The standard InChI is InChI=1S/C20H28O7/c1-6-9(2)17(22)26-12-8-20(5,25)14-11(21)7-19(4,24)15(14)16-13(12)10(3)18(23)27-16/h6,10-13,16,21,24-25H,7-8H2,1-5H3/b9-6-/t10-,11-,12-,13+,16-,19+,20-/m0/s1. The van der Waals surface area contributed by atoms with Crippen molar-refractivity contribution in [1.82, 2.24) is 0 Å². The normalized spacial score (nSPS) is 44.5. The molecule has 3 rings (SSSR count). The lowest BCUT2D eigenvalue weighted by Gasteiger charge is -2.33. The van der Waals surface area contributed by atoms with Gasteiger partial charge < -0.3 is 24.8 Å². The van der Waals surface area contributed by atoms with Gasteiger partial charge in [-0.2, -0.15) is 0 Å². The number of esters is 2. The van der Waals surface area contributed by atoms with Gasteiger partial charge in [-0.25, -0.2) is 4.79 Å². The zero-order chi connectivity index (χ0) is 20.3. The number of aliphatic hydroxyl groups is 3. The molecule has 7 nitrogen and oxygen atoms in total. The molecule has 2 aliphatic carbocycles. The van der Waals surface area contributed by atoms with Crippen molar-refractivity contribution < 1.29 is 34.4 Å². The number of allylic oxidation sites excluding steroid dienone is 1. The van der Waals surface area contributed by atoms with Crippen LogP contribution in [0, 0.1) is 11.8 Å². The minimum absolute atomic E-state index is 0.00382. The third-order valence-corrected chi connectivity index (χ3v) is 6.24. The fourth-order valence-corrected chi connectivity index (χ4v) is 4.77. The maximum Gasteiger partial charge on any atom is 0.333 e. The minimum Gasteiger partial charge on any atom is -0.458 e. The van der Waals surface area contributed by atoms with E-state index in [1.807, 2.05) is 0 Å². The van der Waals surface area contributed by atoms with E-state index in [2.05, 4.69) is 0 Å². The van der Waals surface area contributed by atoms with E-state index < -0.39 is 53.3 Å². The van der Waals surface area contributed by atoms with Gasteiger partial charge in [-0.3, -0.25) is 4.79 Å². The number of carbonyl (C=O) groups excluding carboxylic acids is 2. The third kappa shape index (κ3) is 3.11. The summed E-state index contributed by atoms with van der Waals surface area (Å²) in [6.45, 7) is 8.11. The van der Waals surface area contributed by atoms with E-state index in [-0.39, 0.29) is 18.4 Å². The first kappa shape index (κ1) is 20.0. The van der Waals surface area contributed by atoms with E-state index in [0.717, 1.165) is 0 Å². The van der Waals surface area contributed by atoms with Crippen molar-refractivity contribution in [1.29, 1.82) is 0 Å². The van der Waals surface area contributed by atoms with Crippen LogP contribution in [-0.2, 0) is 19.1 Å². The first-order valence-electron chi connectivity index (χ1n) is 9.33. The molecule has 27 heavy (non-hydrogen) atoms. The van der Waals surface area contributed by atoms with Gasteiger partial charge in [-0.05, 0) is 33.3 Å². The van der Waals surface area contributed by atoms with E-state index in [9.17, 15) is 24.9 Å². The molecule has 0 bridgehead atoms. The Labute approximate surface area is 158 Å². The van der Waals surface area contributed by atoms with Crippen LogP contribution in [0.15, 0.2) is 22.8 Å². The Bertz CT molecular complexity index is 731. The van der Waals surface area contributed by atoms with Gasteiger partial charge in [0.05, 0.1) is 29.1 Å². The second-order valence-electron chi connectivity index (χ2n) is 8.44. The van der Waals surface area contributed by atoms with Gasteiger partial charge in [0.15, 0.2) is 0 Å². The molecule has 1 fully saturated rings. The van der Waals surface area contributed by atoms with Crippen molar-refractivity contribution in [3.63, 3.8) is 0 Å². The highest BCUT2D eigenvalue weighted by Gasteiger charge is 2.60. The summed E-state index contributed by atoms with van der Waals surface area (Å²) < 4.78 is 11.2. The van der Waals surface area contributed by atoms with E-state index >= 15 is 0 Å². The fourth-order valence-electron chi connectivity index (χ4n) is 4.77. The Hall–Kier alpha value is -1.70. The average molecular weight is 380 g/mol. The van der Waals surface area contributed by atoms with Crippen molar-refractivity contribution in [2.24, 2.45) is 11.8 Å². The molecule has 7 heteroatoms.